The van der Waals surface area contributed by atoms with E-state index in [2.05, 4.69) is 24.6 Å². The molecule has 0 spiro atoms. The molecule has 0 aliphatic rings. The number of thiophene rings is 1. The molecule has 0 bridgehead atoms. The summed E-state index contributed by atoms with van der Waals surface area (Å²) in [6.45, 7) is 3.15. The zero-order chi connectivity index (χ0) is 10.4. The molecule has 0 saturated carbocycles. The minimum Gasteiger partial charge on any atom is -0.487 e. The molecule has 1 N–H and O–H groups in total. The maximum Gasteiger partial charge on any atom is 0.173 e. The molecule has 0 aliphatic carbocycles. The number of thioether (sulfide) groups is 1. The molecule has 0 aliphatic heterocycles. The molecule has 1 aromatic heterocycles. The maximum atomic E-state index is 5.14. The Morgan fingerprint density at radius 1 is 1.57 bits per heavy atom. The number of methoxy groups -OCH3 is 1. The summed E-state index contributed by atoms with van der Waals surface area (Å²) in [5.41, 5.74) is 0. The Labute approximate surface area is 94.0 Å². The van der Waals surface area contributed by atoms with Crippen LogP contribution in [0.4, 0.5) is 0 Å². The molecule has 1 aromatic rings. The normalized spacial score (nSPS) is 12.8. The first kappa shape index (κ1) is 11.9. The van der Waals surface area contributed by atoms with Crippen molar-refractivity contribution in [2.75, 3.05) is 19.1 Å². The average Bonchev–Trinajstić information content (AvgIpc) is 2.63. The van der Waals surface area contributed by atoms with Crippen molar-refractivity contribution in [3.63, 3.8) is 0 Å². The summed E-state index contributed by atoms with van der Waals surface area (Å²) in [4.78, 5) is 1.33. The lowest BCUT2D eigenvalue weighted by Crippen LogP contribution is -2.27. The highest BCUT2D eigenvalue weighted by molar-refractivity contribution is 7.98. The standard InChI is InChI=1S/C10H17NOS2/c1-8(7-13-3)11-6-9-4-5-10(12-2)14-9/h4-5,8,11H,6-7H2,1-3H3. The van der Waals surface area contributed by atoms with Crippen molar-refractivity contribution in [3.8, 4) is 5.06 Å². The van der Waals surface area contributed by atoms with Gasteiger partial charge in [-0.1, -0.05) is 0 Å². The Bertz CT molecular complexity index is 262. The molecule has 0 radical (unpaired) electrons. The topological polar surface area (TPSA) is 21.3 Å². The smallest absolute Gasteiger partial charge is 0.173 e. The molecular weight excluding hydrogens is 214 g/mol. The lowest BCUT2D eigenvalue weighted by atomic mass is 10.3. The van der Waals surface area contributed by atoms with Crippen LogP contribution in [0.1, 0.15) is 11.8 Å². The number of hydrogen-bond donors (Lipinski definition) is 1. The monoisotopic (exact) mass is 231 g/mol. The molecule has 1 rings (SSSR count). The van der Waals surface area contributed by atoms with Gasteiger partial charge in [0, 0.05) is 23.2 Å². The van der Waals surface area contributed by atoms with Gasteiger partial charge in [-0.05, 0) is 25.3 Å². The van der Waals surface area contributed by atoms with E-state index in [-0.39, 0.29) is 0 Å². The Hall–Kier alpha value is -0.190. The highest BCUT2D eigenvalue weighted by Gasteiger charge is 2.02. The van der Waals surface area contributed by atoms with Gasteiger partial charge in [0.15, 0.2) is 5.06 Å². The minimum atomic E-state index is 0.568. The van der Waals surface area contributed by atoms with Crippen molar-refractivity contribution in [2.24, 2.45) is 0 Å². The van der Waals surface area contributed by atoms with Gasteiger partial charge in [0.1, 0.15) is 0 Å². The summed E-state index contributed by atoms with van der Waals surface area (Å²) >= 11 is 3.57. The van der Waals surface area contributed by atoms with Crippen molar-refractivity contribution in [3.05, 3.63) is 17.0 Å². The number of ether oxygens (including phenoxy) is 1. The zero-order valence-corrected chi connectivity index (χ0v) is 10.5. The molecule has 0 aromatic carbocycles. The fourth-order valence-electron chi connectivity index (χ4n) is 1.15. The number of hydrogen-bond acceptors (Lipinski definition) is 4. The second-order valence-corrected chi connectivity index (χ2v) is 5.20. The Balaban J connectivity index is 2.30. The van der Waals surface area contributed by atoms with Crippen LogP contribution in [-0.2, 0) is 6.54 Å². The number of rotatable bonds is 6. The van der Waals surface area contributed by atoms with Gasteiger partial charge in [-0.2, -0.15) is 11.8 Å². The molecule has 1 atom stereocenters. The fourth-order valence-corrected chi connectivity index (χ4v) is 2.53. The molecule has 0 fully saturated rings. The SMILES string of the molecule is COc1ccc(CNC(C)CSC)s1. The summed E-state index contributed by atoms with van der Waals surface area (Å²) < 4.78 is 5.14. The quantitative estimate of drug-likeness (QED) is 0.813. The summed E-state index contributed by atoms with van der Waals surface area (Å²) in [5, 5.41) is 4.46. The summed E-state index contributed by atoms with van der Waals surface area (Å²) in [5.74, 6) is 1.16. The van der Waals surface area contributed by atoms with Gasteiger partial charge < -0.3 is 10.1 Å². The summed E-state index contributed by atoms with van der Waals surface area (Å²) in [6, 6.07) is 4.70. The van der Waals surface area contributed by atoms with E-state index in [9.17, 15) is 0 Å². The number of nitrogens with one attached hydrogen (secondary N) is 1. The van der Waals surface area contributed by atoms with Gasteiger partial charge in [-0.3, -0.25) is 0 Å². The van der Waals surface area contributed by atoms with Crippen LogP contribution in [0, 0.1) is 0 Å². The molecule has 0 saturated heterocycles. The largest absolute Gasteiger partial charge is 0.487 e. The fraction of sp³-hybridized carbons (Fsp3) is 0.600. The van der Waals surface area contributed by atoms with Crippen LogP contribution < -0.4 is 10.1 Å². The van der Waals surface area contributed by atoms with E-state index >= 15 is 0 Å². The van der Waals surface area contributed by atoms with Crippen molar-refractivity contribution in [1.82, 2.24) is 5.32 Å². The molecular formula is C10H17NOS2. The third kappa shape index (κ3) is 3.90. The van der Waals surface area contributed by atoms with Crippen molar-refractivity contribution in [2.45, 2.75) is 19.5 Å². The predicted octanol–water partition coefficient (Wildman–Crippen LogP) is 2.60. The highest BCUT2D eigenvalue weighted by atomic mass is 32.2. The average molecular weight is 231 g/mol. The first-order valence-corrected chi connectivity index (χ1v) is 6.82. The molecule has 0 amide bonds. The van der Waals surface area contributed by atoms with Crippen LogP contribution >= 0.6 is 23.1 Å². The van der Waals surface area contributed by atoms with Crippen molar-refractivity contribution < 1.29 is 4.74 Å². The van der Waals surface area contributed by atoms with Crippen molar-refractivity contribution >= 4 is 23.1 Å². The van der Waals surface area contributed by atoms with Gasteiger partial charge in [0.05, 0.1) is 7.11 Å². The van der Waals surface area contributed by atoms with E-state index < -0.39 is 0 Å². The second-order valence-electron chi connectivity index (χ2n) is 3.16. The van der Waals surface area contributed by atoms with Crippen LogP contribution in [-0.4, -0.2) is 25.2 Å². The molecule has 2 nitrogen and oxygen atoms in total. The lowest BCUT2D eigenvalue weighted by Gasteiger charge is -2.10. The summed E-state index contributed by atoms with van der Waals surface area (Å²) in [6.07, 6.45) is 2.13. The van der Waals surface area contributed by atoms with E-state index in [1.165, 1.54) is 4.88 Å². The molecule has 1 unspecified atom stereocenters. The second kappa shape index (κ2) is 6.32. The third-order valence-electron chi connectivity index (χ3n) is 1.88. The van der Waals surface area contributed by atoms with Gasteiger partial charge >= 0.3 is 0 Å². The van der Waals surface area contributed by atoms with E-state index in [1.54, 1.807) is 18.4 Å². The van der Waals surface area contributed by atoms with E-state index in [0.29, 0.717) is 6.04 Å². The van der Waals surface area contributed by atoms with Gasteiger partial charge in [0.2, 0.25) is 0 Å². The first-order chi connectivity index (χ1) is 6.76. The molecule has 80 valence electrons. The lowest BCUT2D eigenvalue weighted by molar-refractivity contribution is 0.427. The van der Waals surface area contributed by atoms with Crippen LogP contribution in [0.3, 0.4) is 0 Å². The zero-order valence-electron chi connectivity index (χ0n) is 8.87. The molecule has 4 heteroatoms. The summed E-state index contributed by atoms with van der Waals surface area (Å²) in [7, 11) is 1.71. The van der Waals surface area contributed by atoms with Crippen LogP contribution in [0.25, 0.3) is 0 Å². The predicted molar refractivity (Wildman–Crippen MR) is 65.6 cm³/mol. The Morgan fingerprint density at radius 3 is 2.93 bits per heavy atom. The Morgan fingerprint density at radius 2 is 2.36 bits per heavy atom. The van der Waals surface area contributed by atoms with E-state index in [0.717, 1.165) is 17.4 Å². The van der Waals surface area contributed by atoms with Gasteiger partial charge in [-0.15, -0.1) is 11.3 Å². The molecule has 1 heterocycles. The molecule has 14 heavy (non-hydrogen) atoms. The van der Waals surface area contributed by atoms with Crippen LogP contribution in [0.2, 0.25) is 0 Å². The maximum absolute atomic E-state index is 5.14. The van der Waals surface area contributed by atoms with Gasteiger partial charge in [-0.25, -0.2) is 0 Å². The van der Waals surface area contributed by atoms with Crippen LogP contribution in [0.15, 0.2) is 12.1 Å². The highest BCUT2D eigenvalue weighted by Crippen LogP contribution is 2.23. The third-order valence-corrected chi connectivity index (χ3v) is 3.76. The van der Waals surface area contributed by atoms with E-state index in [4.69, 9.17) is 4.74 Å². The minimum absolute atomic E-state index is 0.568. The van der Waals surface area contributed by atoms with Crippen molar-refractivity contribution in [1.29, 1.82) is 0 Å². The van der Waals surface area contributed by atoms with E-state index in [1.807, 2.05) is 17.8 Å². The first-order valence-electron chi connectivity index (χ1n) is 4.61. The van der Waals surface area contributed by atoms with Crippen LogP contribution in [0.5, 0.6) is 5.06 Å². The van der Waals surface area contributed by atoms with Gasteiger partial charge in [0.25, 0.3) is 0 Å². The Kier molecular flexibility index (Phi) is 5.37.